The van der Waals surface area contributed by atoms with Crippen LogP contribution in [0.4, 0.5) is 0 Å². The Morgan fingerprint density at radius 2 is 2.56 bits per heavy atom. The second-order valence-corrected chi connectivity index (χ2v) is 4.43. The molecule has 1 rings (SSSR count). The molecular formula is C10H16N6OS. The van der Waals surface area contributed by atoms with Crippen LogP contribution in [0.1, 0.15) is 11.4 Å². The molecule has 0 fully saturated rings. The van der Waals surface area contributed by atoms with Gasteiger partial charge in [0.25, 0.3) is 0 Å². The molecule has 0 radical (unpaired) electrons. The quantitative estimate of drug-likeness (QED) is 0.143. The maximum Gasteiger partial charge on any atom is 0.206 e. The van der Waals surface area contributed by atoms with E-state index >= 15 is 0 Å². The fraction of sp³-hybridized carbons (Fsp3) is 0.500. The van der Waals surface area contributed by atoms with Gasteiger partial charge >= 0.3 is 0 Å². The average Bonchev–Trinajstić information content (AvgIpc) is 2.75. The van der Waals surface area contributed by atoms with Gasteiger partial charge in [0.1, 0.15) is 6.73 Å². The molecule has 7 nitrogen and oxygen atoms in total. The summed E-state index contributed by atoms with van der Waals surface area (Å²) >= 11 is 1.72. The molecule has 1 aromatic heterocycles. The van der Waals surface area contributed by atoms with E-state index in [0.29, 0.717) is 12.5 Å². The van der Waals surface area contributed by atoms with Gasteiger partial charge in [-0.05, 0) is 6.92 Å². The van der Waals surface area contributed by atoms with Gasteiger partial charge in [0.05, 0.1) is 18.6 Å². The minimum Gasteiger partial charge on any atom is -0.376 e. The summed E-state index contributed by atoms with van der Waals surface area (Å²) in [5.74, 6) is 1.97. The largest absolute Gasteiger partial charge is 0.376 e. The van der Waals surface area contributed by atoms with Crippen molar-refractivity contribution in [1.29, 1.82) is 5.26 Å². The molecule has 0 atom stereocenters. The number of aromatic nitrogens is 2. The van der Waals surface area contributed by atoms with Crippen molar-refractivity contribution in [3.05, 3.63) is 17.7 Å². The number of guanidine groups is 1. The first-order chi connectivity index (χ1) is 8.77. The fourth-order valence-corrected chi connectivity index (χ4v) is 2.06. The first-order valence-corrected chi connectivity index (χ1v) is 6.54. The number of hydrogen-bond donors (Lipinski definition) is 4. The molecular weight excluding hydrogens is 252 g/mol. The summed E-state index contributed by atoms with van der Waals surface area (Å²) in [7, 11) is 0. The van der Waals surface area contributed by atoms with Crippen LogP contribution in [0.15, 0.2) is 11.3 Å². The van der Waals surface area contributed by atoms with Gasteiger partial charge in [-0.15, -0.1) is 0 Å². The van der Waals surface area contributed by atoms with Crippen molar-refractivity contribution >= 4 is 17.7 Å². The highest BCUT2D eigenvalue weighted by Crippen LogP contribution is 2.11. The van der Waals surface area contributed by atoms with Crippen molar-refractivity contribution in [2.24, 2.45) is 4.99 Å². The molecule has 1 aromatic rings. The van der Waals surface area contributed by atoms with Crippen molar-refractivity contribution in [2.75, 3.05) is 19.0 Å². The van der Waals surface area contributed by atoms with Crippen molar-refractivity contribution in [3.63, 3.8) is 0 Å². The van der Waals surface area contributed by atoms with Crippen LogP contribution in [-0.4, -0.2) is 40.1 Å². The third-order valence-corrected chi connectivity index (χ3v) is 3.07. The third kappa shape index (κ3) is 5.07. The van der Waals surface area contributed by atoms with E-state index < -0.39 is 0 Å². The number of rotatable bonds is 6. The summed E-state index contributed by atoms with van der Waals surface area (Å²) in [5, 5.41) is 22.0. The Bertz CT molecular complexity index is 424. The van der Waals surface area contributed by atoms with E-state index in [9.17, 15) is 0 Å². The Hall–Kier alpha value is -1.72. The maximum absolute atomic E-state index is 8.66. The van der Waals surface area contributed by atoms with Crippen LogP contribution in [-0.2, 0) is 5.75 Å². The van der Waals surface area contributed by atoms with Crippen LogP contribution in [0.2, 0.25) is 0 Å². The molecule has 0 aliphatic carbocycles. The molecule has 0 bridgehead atoms. The van der Waals surface area contributed by atoms with E-state index in [1.54, 1.807) is 24.3 Å². The monoisotopic (exact) mass is 268 g/mol. The van der Waals surface area contributed by atoms with Crippen molar-refractivity contribution < 1.29 is 5.11 Å². The van der Waals surface area contributed by atoms with E-state index in [0.717, 1.165) is 22.9 Å². The highest BCUT2D eigenvalue weighted by molar-refractivity contribution is 7.98. The summed E-state index contributed by atoms with van der Waals surface area (Å²) in [6, 6.07) is 0. The number of thioether (sulfide) groups is 1. The van der Waals surface area contributed by atoms with E-state index in [-0.39, 0.29) is 6.73 Å². The van der Waals surface area contributed by atoms with Crippen LogP contribution in [0.25, 0.3) is 0 Å². The Labute approximate surface area is 110 Å². The smallest absolute Gasteiger partial charge is 0.206 e. The minimum absolute atomic E-state index is 0.256. The van der Waals surface area contributed by atoms with Gasteiger partial charge in [0, 0.05) is 17.2 Å². The summed E-state index contributed by atoms with van der Waals surface area (Å²) in [4.78, 5) is 11.3. The maximum atomic E-state index is 8.66. The van der Waals surface area contributed by atoms with Crippen molar-refractivity contribution in [2.45, 2.75) is 12.7 Å². The normalized spacial score (nSPS) is 11.1. The Kier molecular flexibility index (Phi) is 6.68. The second-order valence-electron chi connectivity index (χ2n) is 3.32. The summed E-state index contributed by atoms with van der Waals surface area (Å²) in [6.07, 6.45) is 3.43. The Morgan fingerprint density at radius 3 is 3.17 bits per heavy atom. The predicted molar refractivity (Wildman–Crippen MR) is 70.8 cm³/mol. The second kappa shape index (κ2) is 8.38. The van der Waals surface area contributed by atoms with Gasteiger partial charge < -0.3 is 15.4 Å². The zero-order chi connectivity index (χ0) is 13.2. The number of aliphatic hydroxyl groups excluding tert-OH is 1. The van der Waals surface area contributed by atoms with E-state index in [4.69, 9.17) is 10.4 Å². The molecule has 8 heteroatoms. The molecule has 0 aliphatic rings. The lowest BCUT2D eigenvalue weighted by Gasteiger charge is -2.04. The third-order valence-electron chi connectivity index (χ3n) is 2.11. The highest BCUT2D eigenvalue weighted by atomic mass is 32.2. The van der Waals surface area contributed by atoms with Gasteiger partial charge in [-0.2, -0.15) is 17.0 Å². The van der Waals surface area contributed by atoms with E-state index in [1.807, 2.05) is 6.92 Å². The number of nitriles is 1. The number of hydrogen-bond acceptors (Lipinski definition) is 5. The number of H-pyrrole nitrogens is 1. The molecule has 0 aromatic carbocycles. The summed E-state index contributed by atoms with van der Waals surface area (Å²) in [6.45, 7) is 2.27. The van der Waals surface area contributed by atoms with Gasteiger partial charge in [0.2, 0.25) is 5.96 Å². The Morgan fingerprint density at radius 1 is 1.72 bits per heavy atom. The van der Waals surface area contributed by atoms with Gasteiger partial charge in [-0.3, -0.25) is 10.3 Å². The van der Waals surface area contributed by atoms with Crippen molar-refractivity contribution in [1.82, 2.24) is 20.6 Å². The number of nitrogens with zero attached hydrogens (tertiary/aromatic N) is 3. The van der Waals surface area contributed by atoms with Crippen LogP contribution in [0.5, 0.6) is 0 Å². The average molecular weight is 268 g/mol. The number of aromatic amines is 1. The van der Waals surface area contributed by atoms with Crippen molar-refractivity contribution in [3.8, 4) is 6.19 Å². The molecule has 0 saturated carbocycles. The number of nitrogens with one attached hydrogen (secondary N) is 3. The Balaban J connectivity index is 2.23. The predicted octanol–water partition coefficient (Wildman–Crippen LogP) is -0.0826. The molecule has 0 amide bonds. The molecule has 0 spiro atoms. The fourth-order valence-electron chi connectivity index (χ4n) is 1.20. The number of aliphatic imine (C=N–C) groups is 1. The highest BCUT2D eigenvalue weighted by Gasteiger charge is 2.00. The number of imidazole rings is 1. The zero-order valence-electron chi connectivity index (χ0n) is 10.1. The van der Waals surface area contributed by atoms with Crippen LogP contribution >= 0.6 is 11.8 Å². The van der Waals surface area contributed by atoms with Gasteiger partial charge in [0.15, 0.2) is 6.19 Å². The van der Waals surface area contributed by atoms with E-state index in [1.165, 1.54) is 0 Å². The standard InChI is InChI=1S/C10H16N6OS/c1-8-9(15-6-14-8)4-18-3-2-12-10(13-5-11)16-7-17/h6,17H,2-4,7H2,1H3,(H,14,15)(H2,12,13,16). The molecule has 0 unspecified atom stereocenters. The first-order valence-electron chi connectivity index (χ1n) is 5.38. The lowest BCUT2D eigenvalue weighted by Crippen LogP contribution is -2.35. The summed E-state index contributed by atoms with van der Waals surface area (Å²) in [5.41, 5.74) is 2.13. The molecule has 0 saturated heterocycles. The van der Waals surface area contributed by atoms with Gasteiger partial charge in [-0.25, -0.2) is 4.98 Å². The van der Waals surface area contributed by atoms with E-state index in [2.05, 4.69) is 25.6 Å². The lowest BCUT2D eigenvalue weighted by molar-refractivity contribution is 0.285. The van der Waals surface area contributed by atoms with Crippen LogP contribution in [0.3, 0.4) is 0 Å². The van der Waals surface area contributed by atoms with Crippen LogP contribution < -0.4 is 10.6 Å². The van der Waals surface area contributed by atoms with Gasteiger partial charge in [-0.1, -0.05) is 0 Å². The zero-order valence-corrected chi connectivity index (χ0v) is 10.9. The minimum atomic E-state index is -0.256. The first kappa shape index (κ1) is 14.3. The molecule has 0 aliphatic heterocycles. The number of aliphatic hydroxyl groups is 1. The number of aryl methyl sites for hydroxylation is 1. The molecule has 18 heavy (non-hydrogen) atoms. The molecule has 4 N–H and O–H groups in total. The van der Waals surface area contributed by atoms with Crippen LogP contribution in [0, 0.1) is 18.4 Å². The topological polar surface area (TPSA) is 109 Å². The molecule has 1 heterocycles. The SMILES string of the molecule is Cc1nc[nH]c1CSCC/N=C(\NC#N)NCO. The lowest BCUT2D eigenvalue weighted by atomic mass is 10.4. The summed E-state index contributed by atoms with van der Waals surface area (Å²) < 4.78 is 0. The molecule has 98 valence electrons.